The zero-order valence-corrected chi connectivity index (χ0v) is 23.9. The van der Waals surface area contributed by atoms with Gasteiger partial charge in [-0.1, -0.05) is 0 Å². The number of nitrogens with two attached hydrogens (primary N) is 2. The molecule has 7 heterocycles. The molecule has 0 bridgehead atoms. The Hall–Kier alpha value is -3.30. The Labute approximate surface area is 244 Å². The van der Waals surface area contributed by atoms with E-state index in [4.69, 9.17) is 30.0 Å². The van der Waals surface area contributed by atoms with Gasteiger partial charge in [0.2, 0.25) is 0 Å². The summed E-state index contributed by atoms with van der Waals surface area (Å²) >= 11 is 0. The van der Waals surface area contributed by atoms with Gasteiger partial charge in [-0.2, -0.15) is 0 Å². The molecule has 0 spiro atoms. The van der Waals surface area contributed by atoms with Gasteiger partial charge in [0.05, 0.1) is 12.7 Å². The van der Waals surface area contributed by atoms with Crippen LogP contribution >= 0.6 is 15.5 Å². The second-order valence-electron chi connectivity index (χ2n) is 10.1. The van der Waals surface area contributed by atoms with E-state index >= 15 is 8.78 Å². The van der Waals surface area contributed by atoms with Gasteiger partial charge < -0.3 is 30.7 Å². The summed E-state index contributed by atoms with van der Waals surface area (Å²) in [6.45, 7) is -1.25. The minimum Gasteiger partial charge on any atom is -0.382 e. The number of alkyl halides is 2. The van der Waals surface area contributed by atoms with E-state index in [1.807, 2.05) is 0 Å². The molecule has 4 aromatic rings. The lowest BCUT2D eigenvalue weighted by Crippen LogP contribution is -2.43. The van der Waals surface area contributed by atoms with Gasteiger partial charge in [-0.25, -0.2) is 58.0 Å². The molecule has 3 saturated heterocycles. The highest BCUT2D eigenvalue weighted by Crippen LogP contribution is 2.50. The van der Waals surface area contributed by atoms with Crippen LogP contribution in [0.4, 0.5) is 20.4 Å². The van der Waals surface area contributed by atoms with Gasteiger partial charge in [-0.05, 0) is 0 Å². The molecule has 3 aliphatic heterocycles. The number of imidazole rings is 2. The van der Waals surface area contributed by atoms with Gasteiger partial charge in [-0.3, -0.25) is 18.2 Å². The average molecular weight is 660 g/mol. The number of rotatable bonds is 2. The van der Waals surface area contributed by atoms with Gasteiger partial charge in [0.15, 0.2) is 47.7 Å². The fourth-order valence-corrected chi connectivity index (χ4v) is 7.48. The molecule has 24 heteroatoms. The molecule has 0 aliphatic carbocycles. The molecular weight excluding hydrogens is 636 g/mol. The summed E-state index contributed by atoms with van der Waals surface area (Å²) in [5, 5.41) is 4.41. The summed E-state index contributed by atoms with van der Waals surface area (Å²) in [5.74, 6) is 0.0441. The number of nitrogens with zero attached hydrogens (tertiary/aromatic N) is 8. The van der Waals surface area contributed by atoms with Crippen molar-refractivity contribution in [1.82, 2.24) is 49.2 Å². The number of hydrogen-bond acceptors (Lipinski definition) is 14. The number of fused-ring (bicyclic) bond motifs is 4. The Balaban J connectivity index is 1.17. The first-order valence-electron chi connectivity index (χ1n) is 12.9. The third-order valence-corrected chi connectivity index (χ3v) is 9.59. The van der Waals surface area contributed by atoms with E-state index in [-0.39, 0.29) is 34.0 Å². The van der Waals surface area contributed by atoms with Gasteiger partial charge in [-0.15, -0.1) is 0 Å². The fraction of sp³-hybridized carbons (Fsp3) is 0.500. The van der Waals surface area contributed by atoms with Crippen LogP contribution in [0, 0.1) is 0 Å². The van der Waals surface area contributed by atoms with Gasteiger partial charge >= 0.3 is 15.5 Å². The molecule has 10 atom stereocenters. The van der Waals surface area contributed by atoms with Crippen LogP contribution in [-0.2, 0) is 27.7 Å². The molecule has 236 valence electrons. The van der Waals surface area contributed by atoms with Gasteiger partial charge in [0, 0.05) is 13.1 Å². The molecule has 8 N–H and O–H groups in total. The Morgan fingerprint density at radius 3 is 1.57 bits per heavy atom. The van der Waals surface area contributed by atoms with Crippen LogP contribution < -0.4 is 21.6 Å². The van der Waals surface area contributed by atoms with Crippen LogP contribution in [0.3, 0.4) is 0 Å². The van der Waals surface area contributed by atoms with Crippen LogP contribution in [0.25, 0.3) is 22.3 Å². The maximum absolute atomic E-state index is 15.9. The number of ether oxygens (including phenoxy) is 2. The van der Waals surface area contributed by atoms with Crippen LogP contribution in [0.2, 0.25) is 0 Å². The molecule has 0 saturated carbocycles. The summed E-state index contributed by atoms with van der Waals surface area (Å²) < 4.78 is 82.5. The largest absolute Gasteiger partial charge is 0.403 e. The monoisotopic (exact) mass is 660 g/mol. The molecule has 3 aliphatic rings. The Morgan fingerprint density at radius 1 is 0.750 bits per heavy atom. The van der Waals surface area contributed by atoms with Crippen LogP contribution in [-0.4, -0.2) is 98.7 Å². The second kappa shape index (κ2) is 10.7. The van der Waals surface area contributed by atoms with Crippen molar-refractivity contribution in [2.24, 2.45) is 0 Å². The molecule has 20 nitrogen and oxygen atoms in total. The van der Waals surface area contributed by atoms with Crippen molar-refractivity contribution in [2.45, 2.75) is 49.2 Å². The first kappa shape index (κ1) is 29.4. The predicted octanol–water partition coefficient (Wildman–Crippen LogP) is -0.534. The minimum atomic E-state index is -4.85. The van der Waals surface area contributed by atoms with Crippen molar-refractivity contribution < 1.29 is 46.2 Å². The number of anilines is 2. The maximum atomic E-state index is 15.9. The lowest BCUT2D eigenvalue weighted by Gasteiger charge is -2.28. The van der Waals surface area contributed by atoms with E-state index in [0.29, 0.717) is 0 Å². The van der Waals surface area contributed by atoms with E-state index in [0.717, 1.165) is 12.7 Å². The first-order valence-corrected chi connectivity index (χ1v) is 16.1. The summed E-state index contributed by atoms with van der Waals surface area (Å²) in [4.78, 5) is 45.1. The number of nitrogen functional groups attached to an aromatic ring is 2. The van der Waals surface area contributed by atoms with Crippen molar-refractivity contribution in [3.63, 3.8) is 0 Å². The van der Waals surface area contributed by atoms with Crippen molar-refractivity contribution in [2.75, 3.05) is 24.6 Å². The SMILES string of the molecule is Nc1ncnc2c1ncn2C1OC2CNP(=O)(O)OC3C(CNP(=O)(O)OC2C1F)OC(n1cnc2c(N)ncnc21)C3F. The molecule has 44 heavy (non-hydrogen) atoms. The molecule has 0 amide bonds. The third kappa shape index (κ3) is 5.02. The van der Waals surface area contributed by atoms with Crippen molar-refractivity contribution in [3.05, 3.63) is 25.3 Å². The number of nitrogens with one attached hydrogen (secondary N) is 2. The molecule has 0 radical (unpaired) electrons. The van der Waals surface area contributed by atoms with Crippen molar-refractivity contribution in [3.8, 4) is 0 Å². The topological polar surface area (TPSA) is 275 Å². The number of aromatic nitrogens is 8. The second-order valence-corrected chi connectivity index (χ2v) is 13.2. The predicted molar refractivity (Wildman–Crippen MR) is 142 cm³/mol. The van der Waals surface area contributed by atoms with Crippen molar-refractivity contribution >= 4 is 49.5 Å². The Morgan fingerprint density at radius 2 is 1.16 bits per heavy atom. The molecule has 4 aromatic heterocycles. The highest BCUT2D eigenvalue weighted by atomic mass is 31.2. The van der Waals surface area contributed by atoms with E-state index in [2.05, 4.69) is 40.1 Å². The maximum Gasteiger partial charge on any atom is 0.403 e. The van der Waals surface area contributed by atoms with Crippen LogP contribution in [0.5, 0.6) is 0 Å². The first-order chi connectivity index (χ1) is 20.9. The van der Waals surface area contributed by atoms with E-state index in [1.165, 1.54) is 21.8 Å². The third-order valence-electron chi connectivity index (χ3n) is 7.37. The normalized spacial score (nSPS) is 38.3. The highest BCUT2D eigenvalue weighted by Gasteiger charge is 2.54. The average Bonchev–Trinajstić information content (AvgIpc) is 3.73. The molecule has 0 aromatic carbocycles. The van der Waals surface area contributed by atoms with Crippen molar-refractivity contribution in [1.29, 1.82) is 0 Å². The van der Waals surface area contributed by atoms with Crippen LogP contribution in [0.15, 0.2) is 25.3 Å². The highest BCUT2D eigenvalue weighted by molar-refractivity contribution is 7.50. The zero-order chi connectivity index (χ0) is 31.0. The molecular formula is C20H24F2N12O8P2. The number of hydrogen-bond donors (Lipinski definition) is 6. The quantitative estimate of drug-likeness (QED) is 0.147. The van der Waals surface area contributed by atoms with E-state index < -0.39 is 77.8 Å². The summed E-state index contributed by atoms with van der Waals surface area (Å²) in [6, 6.07) is 0. The zero-order valence-electron chi connectivity index (χ0n) is 22.1. The molecule has 3 fully saturated rings. The Bertz CT molecular complexity index is 1700. The smallest absolute Gasteiger partial charge is 0.382 e. The van der Waals surface area contributed by atoms with Crippen LogP contribution in [0.1, 0.15) is 12.5 Å². The van der Waals surface area contributed by atoms with E-state index in [1.54, 1.807) is 0 Å². The summed E-state index contributed by atoms with van der Waals surface area (Å²) in [7, 11) is -9.69. The summed E-state index contributed by atoms with van der Waals surface area (Å²) in [5.41, 5.74) is 12.1. The molecule has 10 unspecified atom stereocenters. The lowest BCUT2D eigenvalue weighted by atomic mass is 10.1. The molecule has 7 rings (SSSR count). The van der Waals surface area contributed by atoms with Gasteiger partial charge in [0.1, 0.15) is 48.1 Å². The number of halogens is 2. The van der Waals surface area contributed by atoms with Gasteiger partial charge in [0.25, 0.3) is 0 Å². The minimum absolute atomic E-state index is 0.0220. The lowest BCUT2D eigenvalue weighted by molar-refractivity contribution is -0.0243. The Kier molecular flexibility index (Phi) is 7.12. The standard InChI is InChI=1S/C20H24F2N12O8P2/c21-9-13-7(39-19(9)33-5-29-11-15(23)25-3-27-17(11)33)1-31-43(35,36)42-14-8(2-32-44(37,38)41-13)40-20(10(14)22)34-6-30-12-16(24)26-4-28-18(12)34/h3-10,13-14,19-20H,1-2H2,(H2,23,25,27)(H2,24,26,28)(H2,31,35,36)(H2,32,37,38). The fourth-order valence-electron chi connectivity index (χ4n) is 5.34. The summed E-state index contributed by atoms with van der Waals surface area (Å²) in [6.07, 6.45) is -8.96. The van der Waals surface area contributed by atoms with E-state index in [9.17, 15) is 18.9 Å².